The minimum atomic E-state index is -1.34. The summed E-state index contributed by atoms with van der Waals surface area (Å²) in [7, 11) is 0. The summed E-state index contributed by atoms with van der Waals surface area (Å²) < 4.78 is 5.39. The third kappa shape index (κ3) is 2.07. The van der Waals surface area contributed by atoms with Crippen LogP contribution in [0.4, 0.5) is 0 Å². The fraction of sp³-hybridized carbons (Fsp3) is 0.333. The Labute approximate surface area is 117 Å². The zero-order valence-electron chi connectivity index (χ0n) is 10.4. The first-order valence-corrected chi connectivity index (χ1v) is 6.22. The molecule has 19 heavy (non-hydrogen) atoms. The Hall–Kier alpha value is -1.97. The highest BCUT2D eigenvalue weighted by Crippen LogP contribution is 2.59. The number of hydrogen-bond donors (Lipinski definition) is 0. The number of halogens is 1. The van der Waals surface area contributed by atoms with Gasteiger partial charge in [-0.25, -0.2) is 0 Å². The lowest BCUT2D eigenvalue weighted by atomic mass is 9.79. The third-order valence-corrected chi connectivity index (χ3v) is 3.64. The lowest BCUT2D eigenvalue weighted by molar-refractivity contribution is -0.156. The molecule has 0 heterocycles. The Morgan fingerprint density at radius 2 is 2.05 bits per heavy atom. The molecule has 1 aromatic rings. The van der Waals surface area contributed by atoms with E-state index < -0.39 is 17.0 Å². The van der Waals surface area contributed by atoms with Crippen LogP contribution in [0.5, 0.6) is 0 Å². The SMILES string of the molecule is C#C[C@@](OC(C)=O)(c1ccc(Cl)cc1)C1(C#N)CC1. The predicted octanol–water partition coefficient (Wildman–Crippen LogP) is 3.04. The summed E-state index contributed by atoms with van der Waals surface area (Å²) in [5.41, 5.74) is -1.56. The maximum absolute atomic E-state index is 11.4. The van der Waals surface area contributed by atoms with Crippen molar-refractivity contribution in [3.05, 3.63) is 34.9 Å². The maximum atomic E-state index is 11.4. The van der Waals surface area contributed by atoms with Crippen LogP contribution in [0.25, 0.3) is 0 Å². The molecule has 0 N–H and O–H groups in total. The molecule has 0 bridgehead atoms. The van der Waals surface area contributed by atoms with Gasteiger partial charge in [0.1, 0.15) is 5.41 Å². The van der Waals surface area contributed by atoms with Gasteiger partial charge < -0.3 is 4.74 Å². The molecule has 1 aliphatic rings. The Kier molecular flexibility index (Phi) is 3.27. The summed E-state index contributed by atoms with van der Waals surface area (Å²) in [6.07, 6.45) is 6.85. The van der Waals surface area contributed by atoms with E-state index in [1.165, 1.54) is 6.92 Å². The normalized spacial score (nSPS) is 18.5. The molecule has 0 aromatic heterocycles. The molecule has 0 spiro atoms. The number of esters is 1. The Bertz CT molecular complexity index is 590. The molecule has 4 heteroatoms. The van der Waals surface area contributed by atoms with Crippen molar-refractivity contribution in [1.82, 2.24) is 0 Å². The van der Waals surface area contributed by atoms with Crippen LogP contribution in [0.3, 0.4) is 0 Å². The van der Waals surface area contributed by atoms with Gasteiger partial charge in [-0.2, -0.15) is 5.26 Å². The van der Waals surface area contributed by atoms with Gasteiger partial charge in [0.2, 0.25) is 5.60 Å². The second-order valence-corrected chi connectivity index (χ2v) is 5.06. The highest BCUT2D eigenvalue weighted by atomic mass is 35.5. The fourth-order valence-corrected chi connectivity index (χ4v) is 2.38. The van der Waals surface area contributed by atoms with Crippen LogP contribution in [-0.4, -0.2) is 5.97 Å². The number of nitrogens with zero attached hydrogens (tertiary/aromatic N) is 1. The Balaban J connectivity index is 2.57. The molecule has 1 aromatic carbocycles. The van der Waals surface area contributed by atoms with Crippen LogP contribution in [0.1, 0.15) is 25.3 Å². The molecule has 1 aliphatic carbocycles. The quantitative estimate of drug-likeness (QED) is 0.628. The highest BCUT2D eigenvalue weighted by molar-refractivity contribution is 6.30. The molecule has 0 saturated heterocycles. The molecule has 3 nitrogen and oxygen atoms in total. The van der Waals surface area contributed by atoms with Crippen molar-refractivity contribution in [3.8, 4) is 18.4 Å². The number of hydrogen-bond acceptors (Lipinski definition) is 3. The van der Waals surface area contributed by atoms with E-state index in [-0.39, 0.29) is 0 Å². The average molecular weight is 274 g/mol. The van der Waals surface area contributed by atoms with Gasteiger partial charge in [-0.15, -0.1) is 6.42 Å². The standard InChI is InChI=1S/C15H12ClNO2/c1-3-15(19-11(2)18,14(10-17)8-9-14)12-4-6-13(16)7-5-12/h1,4-7H,8-9H2,2H3/t15-/m1/s1. The van der Waals surface area contributed by atoms with Crippen molar-refractivity contribution in [1.29, 1.82) is 5.26 Å². The third-order valence-electron chi connectivity index (χ3n) is 3.39. The topological polar surface area (TPSA) is 50.1 Å². The number of terminal acetylenes is 1. The van der Waals surface area contributed by atoms with E-state index in [1.807, 2.05) is 0 Å². The van der Waals surface area contributed by atoms with Gasteiger partial charge in [-0.05, 0) is 25.0 Å². The van der Waals surface area contributed by atoms with E-state index >= 15 is 0 Å². The Morgan fingerprint density at radius 3 is 2.42 bits per heavy atom. The van der Waals surface area contributed by atoms with Gasteiger partial charge in [0.15, 0.2) is 0 Å². The zero-order valence-corrected chi connectivity index (χ0v) is 11.2. The van der Waals surface area contributed by atoms with Crippen molar-refractivity contribution in [2.24, 2.45) is 5.41 Å². The monoisotopic (exact) mass is 273 g/mol. The van der Waals surface area contributed by atoms with Crippen LogP contribution < -0.4 is 0 Å². The smallest absolute Gasteiger partial charge is 0.304 e. The van der Waals surface area contributed by atoms with Crippen molar-refractivity contribution in [2.45, 2.75) is 25.4 Å². The number of rotatable bonds is 3. The van der Waals surface area contributed by atoms with E-state index in [1.54, 1.807) is 24.3 Å². The summed E-state index contributed by atoms with van der Waals surface area (Å²) in [6, 6.07) is 8.94. The molecule has 1 atom stereocenters. The zero-order chi connectivity index (χ0) is 14.1. The second-order valence-electron chi connectivity index (χ2n) is 4.62. The number of carbonyl (C=O) groups excluding carboxylic acids is 1. The fourth-order valence-electron chi connectivity index (χ4n) is 2.25. The summed E-state index contributed by atoms with van der Waals surface area (Å²) in [6.45, 7) is 1.29. The molecular weight excluding hydrogens is 262 g/mol. The van der Waals surface area contributed by atoms with Crippen LogP contribution in [0, 0.1) is 29.1 Å². The molecule has 96 valence electrons. The minimum Gasteiger partial charge on any atom is -0.440 e. The van der Waals surface area contributed by atoms with Gasteiger partial charge in [-0.3, -0.25) is 4.79 Å². The lowest BCUT2D eigenvalue weighted by Gasteiger charge is -2.32. The average Bonchev–Trinajstić information content (AvgIpc) is 3.18. The molecular formula is C15H12ClNO2. The van der Waals surface area contributed by atoms with Crippen molar-refractivity contribution >= 4 is 17.6 Å². The van der Waals surface area contributed by atoms with Gasteiger partial charge >= 0.3 is 5.97 Å². The largest absolute Gasteiger partial charge is 0.440 e. The number of benzene rings is 1. The molecule has 2 rings (SSSR count). The molecule has 1 saturated carbocycles. The first-order valence-electron chi connectivity index (χ1n) is 5.84. The van der Waals surface area contributed by atoms with Crippen LogP contribution >= 0.6 is 11.6 Å². The van der Waals surface area contributed by atoms with E-state index in [4.69, 9.17) is 22.8 Å². The maximum Gasteiger partial charge on any atom is 0.304 e. The van der Waals surface area contributed by atoms with Gasteiger partial charge in [-0.1, -0.05) is 29.7 Å². The first kappa shape index (κ1) is 13.5. The molecule has 0 aliphatic heterocycles. The Morgan fingerprint density at radius 1 is 1.47 bits per heavy atom. The van der Waals surface area contributed by atoms with Gasteiger partial charge in [0, 0.05) is 17.5 Å². The first-order chi connectivity index (χ1) is 8.99. The van der Waals surface area contributed by atoms with E-state index in [9.17, 15) is 10.1 Å². The van der Waals surface area contributed by atoms with Crippen LogP contribution in [0.15, 0.2) is 24.3 Å². The van der Waals surface area contributed by atoms with E-state index in [2.05, 4.69) is 12.0 Å². The molecule has 0 radical (unpaired) electrons. The van der Waals surface area contributed by atoms with Crippen LogP contribution in [-0.2, 0) is 15.1 Å². The van der Waals surface area contributed by atoms with Gasteiger partial charge in [0.25, 0.3) is 0 Å². The number of ether oxygens (including phenoxy) is 1. The summed E-state index contributed by atoms with van der Waals surface area (Å²) in [4.78, 5) is 11.4. The molecule has 0 unspecified atom stereocenters. The minimum absolute atomic E-state index is 0.505. The molecule has 0 amide bonds. The molecule has 1 fully saturated rings. The van der Waals surface area contributed by atoms with E-state index in [0.29, 0.717) is 23.4 Å². The summed E-state index contributed by atoms with van der Waals surface area (Å²) in [5, 5.41) is 9.94. The summed E-state index contributed by atoms with van der Waals surface area (Å²) in [5.74, 6) is 2.02. The van der Waals surface area contributed by atoms with E-state index in [0.717, 1.165) is 0 Å². The second kappa shape index (κ2) is 4.61. The van der Waals surface area contributed by atoms with Crippen LogP contribution in [0.2, 0.25) is 5.02 Å². The van der Waals surface area contributed by atoms with Crippen molar-refractivity contribution in [2.75, 3.05) is 0 Å². The summed E-state index contributed by atoms with van der Waals surface area (Å²) >= 11 is 5.85. The van der Waals surface area contributed by atoms with Gasteiger partial charge in [0.05, 0.1) is 6.07 Å². The predicted molar refractivity (Wildman–Crippen MR) is 71.0 cm³/mol. The number of carbonyl (C=O) groups is 1. The van der Waals surface area contributed by atoms with Crippen molar-refractivity contribution < 1.29 is 9.53 Å². The highest BCUT2D eigenvalue weighted by Gasteiger charge is 2.63. The lowest BCUT2D eigenvalue weighted by Crippen LogP contribution is -2.39. The van der Waals surface area contributed by atoms with Crippen molar-refractivity contribution in [3.63, 3.8) is 0 Å². The number of nitriles is 1.